The van der Waals surface area contributed by atoms with Crippen LogP contribution in [-0.4, -0.2) is 16.8 Å². The fourth-order valence-corrected chi connectivity index (χ4v) is 2.11. The number of hydrogen-bond acceptors (Lipinski definition) is 2. The third-order valence-electron chi connectivity index (χ3n) is 2.88. The first-order chi connectivity index (χ1) is 7.19. The number of hydrogen-bond donors (Lipinski definition) is 1. The molecule has 3 heteroatoms. The van der Waals surface area contributed by atoms with E-state index in [4.69, 9.17) is 0 Å². The van der Waals surface area contributed by atoms with E-state index < -0.39 is 0 Å². The molecule has 0 aliphatic heterocycles. The Bertz CT molecular complexity index is 497. The number of aryl methyl sites for hydroxylation is 3. The minimum atomic E-state index is 0.968. The van der Waals surface area contributed by atoms with E-state index in [-0.39, 0.29) is 0 Å². The molecule has 0 bridgehead atoms. The van der Waals surface area contributed by atoms with E-state index in [0.29, 0.717) is 0 Å². The number of aromatic nitrogens is 2. The van der Waals surface area contributed by atoms with Crippen molar-refractivity contribution in [2.75, 3.05) is 12.4 Å². The summed E-state index contributed by atoms with van der Waals surface area (Å²) in [6, 6.07) is 4.27. The zero-order chi connectivity index (χ0) is 11.0. The molecular formula is C12H17N3. The third-order valence-corrected chi connectivity index (χ3v) is 2.88. The molecule has 1 N–H and O–H groups in total. The lowest BCUT2D eigenvalue weighted by Gasteiger charge is -2.07. The van der Waals surface area contributed by atoms with Crippen LogP contribution < -0.4 is 5.32 Å². The zero-order valence-corrected chi connectivity index (χ0v) is 9.76. The van der Waals surface area contributed by atoms with Gasteiger partial charge in [0.05, 0.1) is 11.2 Å². The molecule has 0 saturated carbocycles. The van der Waals surface area contributed by atoms with Crippen molar-refractivity contribution in [1.82, 2.24) is 9.78 Å². The maximum Gasteiger partial charge on any atom is 0.0721 e. The molecule has 1 aromatic carbocycles. The highest BCUT2D eigenvalue weighted by molar-refractivity contribution is 5.95. The lowest BCUT2D eigenvalue weighted by Crippen LogP contribution is -1.94. The largest absolute Gasteiger partial charge is 0.387 e. The fourth-order valence-electron chi connectivity index (χ4n) is 2.11. The van der Waals surface area contributed by atoms with E-state index in [2.05, 4.69) is 36.4 Å². The first-order valence-corrected chi connectivity index (χ1v) is 5.32. The number of nitrogens with one attached hydrogen (secondary N) is 1. The van der Waals surface area contributed by atoms with Crippen LogP contribution in [0.3, 0.4) is 0 Å². The Morgan fingerprint density at radius 3 is 2.73 bits per heavy atom. The predicted octanol–water partition coefficient (Wildman–Crippen LogP) is 2.49. The highest BCUT2D eigenvalue weighted by Crippen LogP contribution is 2.29. The summed E-state index contributed by atoms with van der Waals surface area (Å²) in [5.41, 5.74) is 4.84. The van der Waals surface area contributed by atoms with Gasteiger partial charge in [0.25, 0.3) is 0 Å². The van der Waals surface area contributed by atoms with Gasteiger partial charge in [-0.2, -0.15) is 5.10 Å². The summed E-state index contributed by atoms with van der Waals surface area (Å²) in [4.78, 5) is 0. The first kappa shape index (κ1) is 10.0. The topological polar surface area (TPSA) is 29.9 Å². The van der Waals surface area contributed by atoms with E-state index in [0.717, 1.165) is 6.42 Å². The van der Waals surface area contributed by atoms with Crippen molar-refractivity contribution < 1.29 is 0 Å². The average Bonchev–Trinajstić information content (AvgIpc) is 2.55. The summed E-state index contributed by atoms with van der Waals surface area (Å²) < 4.78 is 1.95. The highest BCUT2D eigenvalue weighted by atomic mass is 15.3. The molecule has 0 saturated heterocycles. The van der Waals surface area contributed by atoms with Crippen LogP contribution in [-0.2, 0) is 13.5 Å². The standard InChI is InChI=1S/C12H17N3/c1-5-9-11-10(15(4)14-9)7-6-8(2)12(11)13-3/h6-7,13H,5H2,1-4H3. The Morgan fingerprint density at radius 1 is 1.40 bits per heavy atom. The van der Waals surface area contributed by atoms with Crippen molar-refractivity contribution in [2.45, 2.75) is 20.3 Å². The van der Waals surface area contributed by atoms with Crippen LogP contribution >= 0.6 is 0 Å². The smallest absolute Gasteiger partial charge is 0.0721 e. The molecule has 0 spiro atoms. The molecule has 2 aromatic rings. The Kier molecular flexibility index (Phi) is 2.39. The second-order valence-corrected chi connectivity index (χ2v) is 3.83. The molecule has 3 nitrogen and oxygen atoms in total. The highest BCUT2D eigenvalue weighted by Gasteiger charge is 2.12. The molecule has 1 heterocycles. The van der Waals surface area contributed by atoms with Gasteiger partial charge in [0.15, 0.2) is 0 Å². The van der Waals surface area contributed by atoms with Gasteiger partial charge in [0.2, 0.25) is 0 Å². The second kappa shape index (κ2) is 3.57. The van der Waals surface area contributed by atoms with Crippen LogP contribution in [0, 0.1) is 6.92 Å². The molecule has 80 valence electrons. The van der Waals surface area contributed by atoms with Crippen LogP contribution in [0.5, 0.6) is 0 Å². The van der Waals surface area contributed by atoms with E-state index in [1.54, 1.807) is 0 Å². The minimum Gasteiger partial charge on any atom is -0.387 e. The van der Waals surface area contributed by atoms with Gasteiger partial charge in [0.1, 0.15) is 0 Å². The molecule has 0 unspecified atom stereocenters. The molecular weight excluding hydrogens is 186 g/mol. The average molecular weight is 203 g/mol. The SMILES string of the molecule is CCc1nn(C)c2ccc(C)c(NC)c12. The third kappa shape index (κ3) is 1.39. The van der Waals surface area contributed by atoms with Crippen LogP contribution in [0.4, 0.5) is 5.69 Å². The maximum atomic E-state index is 4.53. The van der Waals surface area contributed by atoms with Crippen LogP contribution in [0.2, 0.25) is 0 Å². The molecule has 0 atom stereocenters. The molecule has 1 aromatic heterocycles. The quantitative estimate of drug-likeness (QED) is 0.812. The summed E-state index contributed by atoms with van der Waals surface area (Å²) in [6.07, 6.45) is 0.968. The van der Waals surface area contributed by atoms with Crippen LogP contribution in [0.15, 0.2) is 12.1 Å². The zero-order valence-electron chi connectivity index (χ0n) is 9.76. The minimum absolute atomic E-state index is 0.968. The van der Waals surface area contributed by atoms with Gasteiger partial charge >= 0.3 is 0 Å². The number of anilines is 1. The number of rotatable bonds is 2. The number of fused-ring (bicyclic) bond motifs is 1. The first-order valence-electron chi connectivity index (χ1n) is 5.32. The predicted molar refractivity (Wildman–Crippen MR) is 64.4 cm³/mol. The van der Waals surface area contributed by atoms with Gasteiger partial charge in [-0.15, -0.1) is 0 Å². The summed E-state index contributed by atoms with van der Waals surface area (Å²) in [5, 5.41) is 9.07. The molecule has 0 radical (unpaired) electrons. The maximum absolute atomic E-state index is 4.53. The van der Waals surface area contributed by atoms with E-state index >= 15 is 0 Å². The number of benzene rings is 1. The number of nitrogens with zero attached hydrogens (tertiary/aromatic N) is 2. The molecule has 0 aliphatic rings. The summed E-state index contributed by atoms with van der Waals surface area (Å²) in [5.74, 6) is 0. The van der Waals surface area contributed by atoms with E-state index in [1.807, 2.05) is 18.8 Å². The summed E-state index contributed by atoms with van der Waals surface area (Å²) in [6.45, 7) is 4.27. The van der Waals surface area contributed by atoms with Crippen molar-refractivity contribution >= 4 is 16.6 Å². The van der Waals surface area contributed by atoms with Crippen LogP contribution in [0.1, 0.15) is 18.2 Å². The van der Waals surface area contributed by atoms with Crippen molar-refractivity contribution in [1.29, 1.82) is 0 Å². The van der Waals surface area contributed by atoms with E-state index in [9.17, 15) is 0 Å². The normalized spacial score (nSPS) is 10.9. The van der Waals surface area contributed by atoms with Gasteiger partial charge in [-0.3, -0.25) is 4.68 Å². The summed E-state index contributed by atoms with van der Waals surface area (Å²) in [7, 11) is 3.96. The van der Waals surface area contributed by atoms with Gasteiger partial charge < -0.3 is 5.32 Å². The van der Waals surface area contributed by atoms with Gasteiger partial charge in [0, 0.05) is 25.2 Å². The van der Waals surface area contributed by atoms with Gasteiger partial charge in [-0.1, -0.05) is 13.0 Å². The lowest BCUT2D eigenvalue weighted by atomic mass is 10.1. The Morgan fingerprint density at radius 2 is 2.13 bits per heavy atom. The monoisotopic (exact) mass is 203 g/mol. The fraction of sp³-hybridized carbons (Fsp3) is 0.417. The van der Waals surface area contributed by atoms with Crippen molar-refractivity contribution in [3.63, 3.8) is 0 Å². The summed E-state index contributed by atoms with van der Waals surface area (Å²) >= 11 is 0. The molecule has 2 rings (SSSR count). The molecule has 0 amide bonds. The lowest BCUT2D eigenvalue weighted by molar-refractivity contribution is 0.770. The molecule has 0 aliphatic carbocycles. The van der Waals surface area contributed by atoms with Crippen molar-refractivity contribution in [3.05, 3.63) is 23.4 Å². The Balaban J connectivity index is 2.88. The van der Waals surface area contributed by atoms with Gasteiger partial charge in [-0.05, 0) is 25.0 Å². The molecule has 0 fully saturated rings. The van der Waals surface area contributed by atoms with Crippen LogP contribution in [0.25, 0.3) is 10.9 Å². The molecule has 15 heavy (non-hydrogen) atoms. The Hall–Kier alpha value is -1.51. The van der Waals surface area contributed by atoms with E-state index in [1.165, 1.54) is 27.8 Å². The second-order valence-electron chi connectivity index (χ2n) is 3.83. The Labute approximate surface area is 90.1 Å². The van der Waals surface area contributed by atoms with Crippen molar-refractivity contribution in [3.8, 4) is 0 Å². The van der Waals surface area contributed by atoms with Gasteiger partial charge in [-0.25, -0.2) is 0 Å². The van der Waals surface area contributed by atoms with Crippen molar-refractivity contribution in [2.24, 2.45) is 7.05 Å².